The molecule has 0 saturated carbocycles. The molecule has 1 heterocycles. The summed E-state index contributed by atoms with van der Waals surface area (Å²) >= 11 is 0. The highest BCUT2D eigenvalue weighted by Crippen LogP contribution is 2.38. The molecule has 2 aromatic carbocycles. The monoisotopic (exact) mass is 339 g/mol. The van der Waals surface area contributed by atoms with Crippen molar-refractivity contribution in [2.24, 2.45) is 0 Å². The summed E-state index contributed by atoms with van der Waals surface area (Å²) in [4.78, 5) is 26.7. The Morgan fingerprint density at radius 3 is 2.28 bits per heavy atom. The molecular weight excluding hydrogens is 318 g/mol. The normalized spacial score (nSPS) is 20.9. The second-order valence-corrected chi connectivity index (χ2v) is 5.81. The van der Waals surface area contributed by atoms with Gasteiger partial charge in [0.15, 0.2) is 12.4 Å². The van der Waals surface area contributed by atoms with Gasteiger partial charge in [-0.15, -0.1) is 0 Å². The minimum Gasteiger partial charge on any atom is -0.353 e. The van der Waals surface area contributed by atoms with Crippen molar-refractivity contribution in [3.8, 4) is 0 Å². The average molecular weight is 339 g/mol. The minimum atomic E-state index is -0.725. The number of carbonyl (C=O) groups excluding carboxylic acids is 2. The van der Waals surface area contributed by atoms with Gasteiger partial charge in [0, 0.05) is 12.2 Å². The summed E-state index contributed by atoms with van der Waals surface area (Å²) in [6, 6.07) is 17.8. The van der Waals surface area contributed by atoms with Gasteiger partial charge >= 0.3 is 0 Å². The van der Waals surface area contributed by atoms with E-state index in [1.54, 1.807) is 31.2 Å². The first-order valence-electron chi connectivity index (χ1n) is 8.38. The molecule has 0 unspecified atom stereocenters. The van der Waals surface area contributed by atoms with Crippen LogP contribution in [0.25, 0.3) is 0 Å². The van der Waals surface area contributed by atoms with Crippen LogP contribution in [0.4, 0.5) is 0 Å². The number of hydrogen-bond donors (Lipinski definition) is 0. The van der Waals surface area contributed by atoms with Gasteiger partial charge in [0.2, 0.25) is 0 Å². The van der Waals surface area contributed by atoms with Crippen molar-refractivity contribution in [3.63, 3.8) is 0 Å². The van der Waals surface area contributed by atoms with Crippen LogP contribution in [0.2, 0.25) is 0 Å². The molecule has 0 radical (unpaired) electrons. The van der Waals surface area contributed by atoms with Crippen LogP contribution < -0.4 is 0 Å². The van der Waals surface area contributed by atoms with E-state index in [2.05, 4.69) is 0 Å². The number of hydrogen-bond acceptors (Lipinski definition) is 4. The molecule has 2 aromatic rings. The number of imide groups is 1. The van der Waals surface area contributed by atoms with E-state index in [1.807, 2.05) is 43.3 Å². The third-order valence-corrected chi connectivity index (χ3v) is 4.17. The van der Waals surface area contributed by atoms with Crippen LogP contribution in [-0.2, 0) is 14.3 Å². The van der Waals surface area contributed by atoms with Gasteiger partial charge in [0.1, 0.15) is 6.04 Å². The SMILES string of the molecule is CCO[C@H](C)O[C@H]1C(=O)N(C(=O)c2ccccc2)[C@@H]1c1ccccc1. The summed E-state index contributed by atoms with van der Waals surface area (Å²) in [6.07, 6.45) is -1.24. The Kier molecular flexibility index (Phi) is 5.26. The number of rotatable bonds is 6. The lowest BCUT2D eigenvalue weighted by Gasteiger charge is -2.46. The highest BCUT2D eigenvalue weighted by Gasteiger charge is 2.53. The molecule has 0 aromatic heterocycles. The molecule has 0 aliphatic carbocycles. The van der Waals surface area contributed by atoms with Crippen LogP contribution in [0.15, 0.2) is 60.7 Å². The van der Waals surface area contributed by atoms with E-state index in [1.165, 1.54) is 4.90 Å². The number of amides is 2. The van der Waals surface area contributed by atoms with Crippen molar-refractivity contribution in [2.75, 3.05) is 6.61 Å². The van der Waals surface area contributed by atoms with E-state index in [4.69, 9.17) is 9.47 Å². The summed E-state index contributed by atoms with van der Waals surface area (Å²) in [5, 5.41) is 0. The largest absolute Gasteiger partial charge is 0.353 e. The number of β-lactam (4-membered cyclic amide) rings is 1. The molecule has 0 spiro atoms. The maximum Gasteiger partial charge on any atom is 0.261 e. The topological polar surface area (TPSA) is 55.8 Å². The van der Waals surface area contributed by atoms with Gasteiger partial charge in [0.25, 0.3) is 11.8 Å². The summed E-state index contributed by atoms with van der Waals surface area (Å²) in [7, 11) is 0. The molecule has 1 fully saturated rings. The number of likely N-dealkylation sites (tertiary alicyclic amines) is 1. The fourth-order valence-corrected chi connectivity index (χ4v) is 3.00. The van der Waals surface area contributed by atoms with Crippen molar-refractivity contribution >= 4 is 11.8 Å². The molecule has 5 nitrogen and oxygen atoms in total. The lowest BCUT2D eigenvalue weighted by atomic mass is 9.89. The fourth-order valence-electron chi connectivity index (χ4n) is 3.00. The Labute approximate surface area is 147 Å². The van der Waals surface area contributed by atoms with E-state index in [9.17, 15) is 9.59 Å². The predicted octanol–water partition coefficient (Wildman–Crippen LogP) is 3.18. The van der Waals surface area contributed by atoms with Crippen LogP contribution in [0.3, 0.4) is 0 Å². The number of carbonyl (C=O) groups is 2. The second-order valence-electron chi connectivity index (χ2n) is 5.81. The van der Waals surface area contributed by atoms with Gasteiger partial charge in [-0.25, -0.2) is 0 Å². The van der Waals surface area contributed by atoms with Crippen molar-refractivity contribution in [1.29, 1.82) is 0 Å². The number of ether oxygens (including phenoxy) is 2. The van der Waals surface area contributed by atoms with Crippen molar-refractivity contribution in [3.05, 3.63) is 71.8 Å². The second kappa shape index (κ2) is 7.59. The first kappa shape index (κ1) is 17.3. The molecule has 5 heteroatoms. The Hall–Kier alpha value is -2.50. The Morgan fingerprint density at radius 1 is 1.08 bits per heavy atom. The molecule has 130 valence electrons. The molecule has 3 rings (SSSR count). The number of nitrogens with zero attached hydrogens (tertiary/aromatic N) is 1. The van der Waals surface area contributed by atoms with Crippen LogP contribution in [0.5, 0.6) is 0 Å². The van der Waals surface area contributed by atoms with Crippen molar-refractivity contribution < 1.29 is 19.1 Å². The molecule has 0 N–H and O–H groups in total. The highest BCUT2D eigenvalue weighted by atomic mass is 16.7. The zero-order chi connectivity index (χ0) is 17.8. The quantitative estimate of drug-likeness (QED) is 0.461. The van der Waals surface area contributed by atoms with Crippen LogP contribution in [0, 0.1) is 0 Å². The van der Waals surface area contributed by atoms with Gasteiger partial charge in [-0.2, -0.15) is 0 Å². The van der Waals surface area contributed by atoms with Crippen LogP contribution >= 0.6 is 0 Å². The van der Waals surface area contributed by atoms with E-state index < -0.39 is 18.4 Å². The molecule has 1 aliphatic rings. The first-order valence-corrected chi connectivity index (χ1v) is 8.38. The highest BCUT2D eigenvalue weighted by molar-refractivity contribution is 6.10. The summed E-state index contributed by atoms with van der Waals surface area (Å²) in [5.74, 6) is -0.655. The van der Waals surface area contributed by atoms with Crippen molar-refractivity contribution in [2.45, 2.75) is 32.3 Å². The van der Waals surface area contributed by atoms with E-state index in [0.29, 0.717) is 12.2 Å². The van der Waals surface area contributed by atoms with Crippen LogP contribution in [0.1, 0.15) is 35.8 Å². The first-order chi connectivity index (χ1) is 12.1. The van der Waals surface area contributed by atoms with Gasteiger partial charge < -0.3 is 9.47 Å². The molecule has 1 aliphatic heterocycles. The van der Waals surface area contributed by atoms with Gasteiger partial charge in [-0.05, 0) is 31.5 Å². The third-order valence-electron chi connectivity index (χ3n) is 4.17. The van der Waals surface area contributed by atoms with Gasteiger partial charge in [0.05, 0.1) is 0 Å². The van der Waals surface area contributed by atoms with Crippen molar-refractivity contribution in [1.82, 2.24) is 4.90 Å². The maximum atomic E-state index is 12.8. The summed E-state index contributed by atoms with van der Waals surface area (Å²) < 4.78 is 11.1. The molecule has 0 bridgehead atoms. The molecule has 3 atom stereocenters. The minimum absolute atomic E-state index is 0.316. The van der Waals surface area contributed by atoms with Gasteiger partial charge in [-0.1, -0.05) is 48.5 Å². The molecule has 25 heavy (non-hydrogen) atoms. The van der Waals surface area contributed by atoms with Gasteiger partial charge in [-0.3, -0.25) is 14.5 Å². The number of benzene rings is 2. The Balaban J connectivity index is 1.87. The lowest BCUT2D eigenvalue weighted by molar-refractivity contribution is -0.209. The average Bonchev–Trinajstić information content (AvgIpc) is 2.65. The maximum absolute atomic E-state index is 12.8. The fraction of sp³-hybridized carbons (Fsp3) is 0.300. The predicted molar refractivity (Wildman–Crippen MR) is 92.8 cm³/mol. The lowest BCUT2D eigenvalue weighted by Crippen LogP contribution is -2.62. The molecule has 2 amide bonds. The van der Waals surface area contributed by atoms with Crippen LogP contribution in [-0.4, -0.2) is 35.7 Å². The smallest absolute Gasteiger partial charge is 0.261 e. The third kappa shape index (κ3) is 3.48. The van der Waals surface area contributed by atoms with E-state index >= 15 is 0 Å². The Morgan fingerprint density at radius 2 is 1.68 bits per heavy atom. The van der Waals surface area contributed by atoms with E-state index in [-0.39, 0.29) is 11.8 Å². The Bertz CT molecular complexity index is 732. The van der Waals surface area contributed by atoms with E-state index in [0.717, 1.165) is 5.56 Å². The summed E-state index contributed by atoms with van der Waals surface area (Å²) in [6.45, 7) is 4.10. The standard InChI is InChI=1S/C20H21NO4/c1-3-24-14(2)25-18-17(15-10-6-4-7-11-15)21(20(18)23)19(22)16-12-8-5-9-13-16/h4-14,17-18H,3H2,1-2H3/t14-,17+,18+/m0/s1. The summed E-state index contributed by atoms with van der Waals surface area (Å²) in [5.41, 5.74) is 1.34. The molecular formula is C20H21NO4. The zero-order valence-corrected chi connectivity index (χ0v) is 14.3. The zero-order valence-electron chi connectivity index (χ0n) is 14.3. The molecule has 1 saturated heterocycles.